The van der Waals surface area contributed by atoms with Gasteiger partial charge in [0.15, 0.2) is 0 Å². The van der Waals surface area contributed by atoms with E-state index in [1.165, 1.54) is 0 Å². The van der Waals surface area contributed by atoms with Crippen molar-refractivity contribution in [1.29, 1.82) is 0 Å². The van der Waals surface area contributed by atoms with Crippen molar-refractivity contribution < 1.29 is 19.7 Å². The smallest absolute Gasteiger partial charge is 0.303 e. The molecule has 4 nitrogen and oxygen atoms in total. The van der Waals surface area contributed by atoms with Gasteiger partial charge in [0, 0.05) is 6.42 Å². The highest BCUT2D eigenvalue weighted by Crippen LogP contribution is 2.22. The maximum atomic E-state index is 10.2. The van der Waals surface area contributed by atoms with Gasteiger partial charge in [-0.3, -0.25) is 4.79 Å². The molecule has 0 atom stereocenters. The van der Waals surface area contributed by atoms with Crippen molar-refractivity contribution in [3.05, 3.63) is 23.8 Å². The summed E-state index contributed by atoms with van der Waals surface area (Å²) in [4.78, 5) is 10.2. The van der Waals surface area contributed by atoms with Gasteiger partial charge in [-0.2, -0.15) is 0 Å². The molecule has 0 aliphatic rings. The number of hydrogen-bond acceptors (Lipinski definition) is 3. The Kier molecular flexibility index (Phi) is 3.97. The molecular weight excluding hydrogens is 196 g/mol. The number of aryl methyl sites for hydroxylation is 1. The summed E-state index contributed by atoms with van der Waals surface area (Å²) in [5.41, 5.74) is 0.838. The Balaban J connectivity index is 2.40. The van der Waals surface area contributed by atoms with E-state index in [1.807, 2.05) is 6.92 Å². The van der Waals surface area contributed by atoms with Gasteiger partial charge < -0.3 is 14.9 Å². The molecule has 0 unspecified atom stereocenters. The largest absolute Gasteiger partial charge is 0.508 e. The Bertz CT molecular complexity index is 346. The minimum atomic E-state index is -0.818. The Morgan fingerprint density at radius 2 is 2.20 bits per heavy atom. The average Bonchev–Trinajstić information content (AvgIpc) is 2.14. The first-order valence-electron chi connectivity index (χ1n) is 4.74. The van der Waals surface area contributed by atoms with Crippen molar-refractivity contribution in [2.75, 3.05) is 6.61 Å². The number of carboxylic acid groups (broad SMARTS) is 1. The van der Waals surface area contributed by atoms with E-state index >= 15 is 0 Å². The van der Waals surface area contributed by atoms with Crippen LogP contribution >= 0.6 is 0 Å². The average molecular weight is 210 g/mol. The van der Waals surface area contributed by atoms with E-state index in [9.17, 15) is 4.79 Å². The Labute approximate surface area is 88.1 Å². The van der Waals surface area contributed by atoms with E-state index in [2.05, 4.69) is 0 Å². The second kappa shape index (κ2) is 5.24. The van der Waals surface area contributed by atoms with Crippen LogP contribution < -0.4 is 4.74 Å². The van der Waals surface area contributed by atoms with E-state index in [1.54, 1.807) is 18.2 Å². The molecule has 0 heterocycles. The second-order valence-corrected chi connectivity index (χ2v) is 3.30. The van der Waals surface area contributed by atoms with Crippen molar-refractivity contribution in [1.82, 2.24) is 0 Å². The van der Waals surface area contributed by atoms with E-state index in [4.69, 9.17) is 14.9 Å². The summed E-state index contributed by atoms with van der Waals surface area (Å²) >= 11 is 0. The highest BCUT2D eigenvalue weighted by molar-refractivity contribution is 5.66. The van der Waals surface area contributed by atoms with Gasteiger partial charge in [-0.05, 0) is 37.1 Å². The number of aliphatic carboxylic acids is 1. The Morgan fingerprint density at radius 1 is 1.47 bits per heavy atom. The maximum Gasteiger partial charge on any atom is 0.303 e. The third-order valence-corrected chi connectivity index (χ3v) is 1.95. The van der Waals surface area contributed by atoms with Crippen LogP contribution in [-0.2, 0) is 4.79 Å². The van der Waals surface area contributed by atoms with Gasteiger partial charge in [-0.1, -0.05) is 0 Å². The zero-order valence-corrected chi connectivity index (χ0v) is 8.56. The van der Waals surface area contributed by atoms with E-state index in [0.29, 0.717) is 18.8 Å². The first-order chi connectivity index (χ1) is 7.09. The van der Waals surface area contributed by atoms with Gasteiger partial charge in [0.1, 0.15) is 11.5 Å². The Morgan fingerprint density at radius 3 is 2.80 bits per heavy atom. The van der Waals surface area contributed by atoms with Crippen LogP contribution in [-0.4, -0.2) is 22.8 Å². The molecule has 0 bridgehead atoms. The number of ether oxygens (including phenoxy) is 1. The molecule has 1 rings (SSSR count). The molecular formula is C11H14O4. The van der Waals surface area contributed by atoms with Crippen LogP contribution in [0, 0.1) is 6.92 Å². The molecule has 0 fully saturated rings. The third kappa shape index (κ3) is 3.89. The summed E-state index contributed by atoms with van der Waals surface area (Å²) in [5, 5.41) is 17.6. The van der Waals surface area contributed by atoms with Crippen LogP contribution in [0.5, 0.6) is 11.5 Å². The summed E-state index contributed by atoms with van der Waals surface area (Å²) < 4.78 is 5.37. The monoisotopic (exact) mass is 210 g/mol. The number of rotatable bonds is 5. The van der Waals surface area contributed by atoms with Crippen molar-refractivity contribution in [3.63, 3.8) is 0 Å². The van der Waals surface area contributed by atoms with Crippen LogP contribution in [0.4, 0.5) is 0 Å². The van der Waals surface area contributed by atoms with Crippen molar-refractivity contribution >= 4 is 5.97 Å². The molecule has 0 aromatic heterocycles. The highest BCUT2D eigenvalue weighted by Gasteiger charge is 2.01. The summed E-state index contributed by atoms with van der Waals surface area (Å²) in [6.07, 6.45) is 0.590. The molecule has 82 valence electrons. The number of phenols is 1. The minimum absolute atomic E-state index is 0.108. The highest BCUT2D eigenvalue weighted by atomic mass is 16.5. The molecule has 0 spiro atoms. The number of hydrogen-bond donors (Lipinski definition) is 2. The number of benzene rings is 1. The lowest BCUT2D eigenvalue weighted by Crippen LogP contribution is -2.02. The van der Waals surface area contributed by atoms with Crippen LogP contribution in [0.2, 0.25) is 0 Å². The first kappa shape index (κ1) is 11.4. The third-order valence-electron chi connectivity index (χ3n) is 1.95. The number of aromatic hydroxyl groups is 1. The van der Waals surface area contributed by atoms with Crippen molar-refractivity contribution in [2.45, 2.75) is 19.8 Å². The predicted octanol–water partition coefficient (Wildman–Crippen LogP) is 1.94. The molecule has 0 amide bonds. The molecule has 1 aromatic carbocycles. The topological polar surface area (TPSA) is 66.8 Å². The summed E-state index contributed by atoms with van der Waals surface area (Å²) in [6.45, 7) is 2.20. The fourth-order valence-electron chi connectivity index (χ4n) is 1.20. The fraction of sp³-hybridized carbons (Fsp3) is 0.364. The predicted molar refractivity (Wildman–Crippen MR) is 55.2 cm³/mol. The minimum Gasteiger partial charge on any atom is -0.508 e. The van der Waals surface area contributed by atoms with E-state index < -0.39 is 5.97 Å². The van der Waals surface area contributed by atoms with Gasteiger partial charge in [-0.25, -0.2) is 0 Å². The SMILES string of the molecule is Cc1cc(O)ccc1OCCCC(=O)O. The van der Waals surface area contributed by atoms with Gasteiger partial charge in [-0.15, -0.1) is 0 Å². The fourth-order valence-corrected chi connectivity index (χ4v) is 1.20. The van der Waals surface area contributed by atoms with Gasteiger partial charge in [0.05, 0.1) is 6.61 Å². The van der Waals surface area contributed by atoms with Crippen LogP contribution in [0.1, 0.15) is 18.4 Å². The van der Waals surface area contributed by atoms with E-state index in [0.717, 1.165) is 5.56 Å². The summed E-state index contributed by atoms with van der Waals surface area (Å²) in [6, 6.07) is 4.82. The number of phenolic OH excluding ortho intramolecular Hbond substituents is 1. The number of carbonyl (C=O) groups is 1. The molecule has 0 saturated carbocycles. The molecule has 2 N–H and O–H groups in total. The molecule has 0 aliphatic heterocycles. The van der Waals surface area contributed by atoms with Gasteiger partial charge in [0.2, 0.25) is 0 Å². The van der Waals surface area contributed by atoms with Gasteiger partial charge >= 0.3 is 5.97 Å². The quantitative estimate of drug-likeness (QED) is 0.729. The van der Waals surface area contributed by atoms with Crippen molar-refractivity contribution in [2.24, 2.45) is 0 Å². The maximum absolute atomic E-state index is 10.2. The first-order valence-corrected chi connectivity index (χ1v) is 4.74. The zero-order valence-electron chi connectivity index (χ0n) is 8.56. The lowest BCUT2D eigenvalue weighted by Gasteiger charge is -2.08. The van der Waals surface area contributed by atoms with E-state index in [-0.39, 0.29) is 12.2 Å². The molecule has 0 saturated heterocycles. The number of carboxylic acids is 1. The van der Waals surface area contributed by atoms with Gasteiger partial charge in [0.25, 0.3) is 0 Å². The van der Waals surface area contributed by atoms with Crippen LogP contribution in [0.25, 0.3) is 0 Å². The molecule has 1 aromatic rings. The molecule has 4 heteroatoms. The summed E-state index contributed by atoms with van der Waals surface area (Å²) in [7, 11) is 0. The second-order valence-electron chi connectivity index (χ2n) is 3.30. The van der Waals surface area contributed by atoms with Crippen LogP contribution in [0.3, 0.4) is 0 Å². The zero-order chi connectivity index (χ0) is 11.3. The Hall–Kier alpha value is -1.71. The molecule has 0 radical (unpaired) electrons. The lowest BCUT2D eigenvalue weighted by molar-refractivity contribution is -0.137. The van der Waals surface area contributed by atoms with Crippen molar-refractivity contribution in [3.8, 4) is 11.5 Å². The molecule has 15 heavy (non-hydrogen) atoms. The lowest BCUT2D eigenvalue weighted by atomic mass is 10.2. The summed E-state index contributed by atoms with van der Waals surface area (Å²) in [5.74, 6) is 0.0598. The standard InChI is InChI=1S/C11H14O4/c1-8-7-9(12)4-5-10(8)15-6-2-3-11(13)14/h4-5,7,12H,2-3,6H2,1H3,(H,13,14). The normalized spacial score (nSPS) is 9.93. The molecule has 0 aliphatic carbocycles. The van der Waals surface area contributed by atoms with Crippen LogP contribution in [0.15, 0.2) is 18.2 Å².